The van der Waals surface area contributed by atoms with Crippen molar-refractivity contribution < 1.29 is 9.18 Å². The fourth-order valence-corrected chi connectivity index (χ4v) is 3.70. The molecule has 1 aliphatic heterocycles. The molecule has 1 saturated heterocycles. The summed E-state index contributed by atoms with van der Waals surface area (Å²) in [6.45, 7) is 2.72. The highest BCUT2D eigenvalue weighted by molar-refractivity contribution is 7.99. The lowest BCUT2D eigenvalue weighted by atomic mass is 10.1. The maximum Gasteiger partial charge on any atom is 0.255 e. The Kier molecular flexibility index (Phi) is 3.97. The zero-order valence-electron chi connectivity index (χ0n) is 11.8. The van der Waals surface area contributed by atoms with Gasteiger partial charge in [-0.1, -0.05) is 29.8 Å². The Morgan fingerprint density at radius 3 is 2.48 bits per heavy atom. The lowest BCUT2D eigenvalue weighted by Gasteiger charge is -2.24. The summed E-state index contributed by atoms with van der Waals surface area (Å²) in [5.74, 6) is 0.687. The number of benzene rings is 2. The van der Waals surface area contributed by atoms with Crippen LogP contribution in [0, 0.1) is 12.7 Å². The maximum atomic E-state index is 13.0. The van der Waals surface area contributed by atoms with Gasteiger partial charge in [-0.15, -0.1) is 11.8 Å². The second kappa shape index (κ2) is 5.90. The average molecular weight is 301 g/mol. The minimum Gasteiger partial charge on any atom is -0.322 e. The molecule has 2 nitrogen and oxygen atoms in total. The molecule has 0 aliphatic carbocycles. The molecule has 0 spiro atoms. The number of rotatable bonds is 2. The van der Waals surface area contributed by atoms with Crippen LogP contribution in [-0.2, 0) is 0 Å². The van der Waals surface area contributed by atoms with Crippen molar-refractivity contribution in [1.29, 1.82) is 0 Å². The fourth-order valence-electron chi connectivity index (χ4n) is 2.44. The molecule has 4 heteroatoms. The average Bonchev–Trinajstić information content (AvgIpc) is 2.97. The molecule has 1 atom stereocenters. The molecule has 0 bridgehead atoms. The predicted molar refractivity (Wildman–Crippen MR) is 83.8 cm³/mol. The summed E-state index contributed by atoms with van der Waals surface area (Å²) in [5, 5.41) is -0.0283. The molecular weight excluding hydrogens is 285 g/mol. The van der Waals surface area contributed by atoms with Crippen molar-refractivity contribution >= 4 is 17.7 Å². The van der Waals surface area contributed by atoms with Crippen LogP contribution in [0.4, 0.5) is 4.39 Å². The molecule has 1 heterocycles. The van der Waals surface area contributed by atoms with E-state index < -0.39 is 0 Å². The Balaban J connectivity index is 1.85. The van der Waals surface area contributed by atoms with E-state index in [9.17, 15) is 9.18 Å². The molecule has 0 unspecified atom stereocenters. The molecule has 2 aromatic rings. The number of carbonyl (C=O) groups is 1. The van der Waals surface area contributed by atoms with Crippen molar-refractivity contribution in [2.24, 2.45) is 0 Å². The van der Waals surface area contributed by atoms with Gasteiger partial charge in [-0.25, -0.2) is 4.39 Å². The number of hydrogen-bond acceptors (Lipinski definition) is 2. The molecule has 0 saturated carbocycles. The molecule has 0 aromatic heterocycles. The van der Waals surface area contributed by atoms with Gasteiger partial charge in [-0.05, 0) is 36.8 Å². The zero-order chi connectivity index (χ0) is 14.8. The van der Waals surface area contributed by atoms with Crippen LogP contribution in [0.5, 0.6) is 0 Å². The highest BCUT2D eigenvalue weighted by Gasteiger charge is 2.31. The van der Waals surface area contributed by atoms with E-state index in [-0.39, 0.29) is 17.1 Å². The molecule has 0 N–H and O–H groups in total. The smallest absolute Gasteiger partial charge is 0.255 e. The van der Waals surface area contributed by atoms with Crippen molar-refractivity contribution in [3.05, 3.63) is 71.0 Å². The summed E-state index contributed by atoms with van der Waals surface area (Å²) in [6, 6.07) is 14.0. The van der Waals surface area contributed by atoms with Crippen molar-refractivity contribution in [2.75, 3.05) is 12.3 Å². The van der Waals surface area contributed by atoms with E-state index in [0.717, 1.165) is 23.4 Å². The van der Waals surface area contributed by atoms with Crippen molar-refractivity contribution in [2.45, 2.75) is 12.3 Å². The van der Waals surface area contributed by atoms with Gasteiger partial charge >= 0.3 is 0 Å². The summed E-state index contributed by atoms with van der Waals surface area (Å²) >= 11 is 1.72. The zero-order valence-corrected chi connectivity index (χ0v) is 12.6. The number of halogens is 1. The predicted octanol–water partition coefficient (Wildman–Crippen LogP) is 4.02. The molecule has 0 radical (unpaired) electrons. The van der Waals surface area contributed by atoms with E-state index in [0.29, 0.717) is 5.56 Å². The Morgan fingerprint density at radius 1 is 1.14 bits per heavy atom. The first-order valence-electron chi connectivity index (χ1n) is 6.90. The van der Waals surface area contributed by atoms with Gasteiger partial charge in [0, 0.05) is 17.9 Å². The van der Waals surface area contributed by atoms with Gasteiger partial charge in [0.25, 0.3) is 5.91 Å². The number of hydrogen-bond donors (Lipinski definition) is 0. The SMILES string of the molecule is Cc1ccc(C(=O)N2CCS[C@H]2c2ccc(F)cc2)cc1. The topological polar surface area (TPSA) is 20.3 Å². The monoisotopic (exact) mass is 301 g/mol. The first-order chi connectivity index (χ1) is 10.1. The standard InChI is InChI=1S/C17H16FNOS/c1-12-2-4-13(5-3-12)16(20)19-10-11-21-17(19)14-6-8-15(18)9-7-14/h2-9,17H,10-11H2,1H3/t17-/m0/s1. The van der Waals surface area contributed by atoms with E-state index in [1.807, 2.05) is 36.1 Å². The summed E-state index contributed by atoms with van der Waals surface area (Å²) in [4.78, 5) is 14.5. The summed E-state index contributed by atoms with van der Waals surface area (Å²) < 4.78 is 13.0. The number of amides is 1. The van der Waals surface area contributed by atoms with Gasteiger partial charge in [0.2, 0.25) is 0 Å². The first kappa shape index (κ1) is 14.1. The van der Waals surface area contributed by atoms with Crippen molar-refractivity contribution in [3.63, 3.8) is 0 Å². The van der Waals surface area contributed by atoms with Gasteiger partial charge in [0.1, 0.15) is 11.2 Å². The molecule has 21 heavy (non-hydrogen) atoms. The number of thioether (sulfide) groups is 1. The van der Waals surface area contributed by atoms with Crippen LogP contribution in [0.3, 0.4) is 0 Å². The Labute approximate surface area is 128 Å². The van der Waals surface area contributed by atoms with E-state index in [1.54, 1.807) is 23.9 Å². The van der Waals surface area contributed by atoms with Gasteiger partial charge < -0.3 is 4.90 Å². The molecule has 2 aromatic carbocycles. The Bertz CT molecular complexity index is 639. The van der Waals surface area contributed by atoms with Gasteiger partial charge in [-0.2, -0.15) is 0 Å². The third kappa shape index (κ3) is 2.95. The molecule has 108 valence electrons. The van der Waals surface area contributed by atoms with Gasteiger partial charge in [-0.3, -0.25) is 4.79 Å². The normalized spacial score (nSPS) is 18.0. The number of nitrogens with zero attached hydrogens (tertiary/aromatic N) is 1. The highest BCUT2D eigenvalue weighted by atomic mass is 32.2. The quantitative estimate of drug-likeness (QED) is 0.835. The second-order valence-corrected chi connectivity index (χ2v) is 6.33. The highest BCUT2D eigenvalue weighted by Crippen LogP contribution is 2.38. The molecular formula is C17H16FNOS. The fraction of sp³-hybridized carbons (Fsp3) is 0.235. The molecule has 1 fully saturated rings. The lowest BCUT2D eigenvalue weighted by molar-refractivity contribution is 0.0760. The van der Waals surface area contributed by atoms with E-state index in [1.165, 1.54) is 12.1 Å². The van der Waals surface area contributed by atoms with Crippen LogP contribution in [0.25, 0.3) is 0 Å². The van der Waals surface area contributed by atoms with Gasteiger partial charge in [0.05, 0.1) is 0 Å². The Morgan fingerprint density at radius 2 is 1.81 bits per heavy atom. The van der Waals surface area contributed by atoms with Crippen LogP contribution in [-0.4, -0.2) is 23.1 Å². The van der Waals surface area contributed by atoms with E-state index in [2.05, 4.69) is 0 Å². The third-order valence-electron chi connectivity index (χ3n) is 3.61. The van der Waals surface area contributed by atoms with Crippen LogP contribution in [0.15, 0.2) is 48.5 Å². The van der Waals surface area contributed by atoms with Crippen LogP contribution < -0.4 is 0 Å². The van der Waals surface area contributed by atoms with E-state index in [4.69, 9.17) is 0 Å². The van der Waals surface area contributed by atoms with Crippen LogP contribution >= 0.6 is 11.8 Å². The molecule has 1 aliphatic rings. The summed E-state index contributed by atoms with van der Waals surface area (Å²) in [6.07, 6.45) is 0. The van der Waals surface area contributed by atoms with E-state index >= 15 is 0 Å². The van der Waals surface area contributed by atoms with Crippen LogP contribution in [0.2, 0.25) is 0 Å². The lowest BCUT2D eigenvalue weighted by Crippen LogP contribution is -2.30. The number of aryl methyl sites for hydroxylation is 1. The third-order valence-corrected chi connectivity index (χ3v) is 4.87. The first-order valence-corrected chi connectivity index (χ1v) is 7.95. The Hall–Kier alpha value is -1.81. The van der Waals surface area contributed by atoms with Crippen molar-refractivity contribution in [3.8, 4) is 0 Å². The van der Waals surface area contributed by atoms with Crippen LogP contribution in [0.1, 0.15) is 26.9 Å². The summed E-state index contributed by atoms with van der Waals surface area (Å²) in [7, 11) is 0. The van der Waals surface area contributed by atoms with Crippen molar-refractivity contribution in [1.82, 2.24) is 4.90 Å². The minimum atomic E-state index is -0.252. The largest absolute Gasteiger partial charge is 0.322 e. The number of carbonyl (C=O) groups excluding carboxylic acids is 1. The molecule has 3 rings (SSSR count). The second-order valence-electron chi connectivity index (χ2n) is 5.14. The minimum absolute atomic E-state index is 0.0283. The maximum absolute atomic E-state index is 13.0. The summed E-state index contributed by atoms with van der Waals surface area (Å²) in [5.41, 5.74) is 2.81. The van der Waals surface area contributed by atoms with Gasteiger partial charge in [0.15, 0.2) is 0 Å². The molecule has 1 amide bonds.